The lowest BCUT2D eigenvalue weighted by Gasteiger charge is -2.24. The van der Waals surface area contributed by atoms with E-state index in [2.05, 4.69) is 0 Å². The number of rotatable bonds is 8. The average Bonchev–Trinajstić information content (AvgIpc) is 3.46. The maximum Gasteiger partial charge on any atom is 0.300 e. The van der Waals surface area contributed by atoms with E-state index in [0.29, 0.717) is 41.9 Å². The van der Waals surface area contributed by atoms with E-state index in [4.69, 9.17) is 18.6 Å². The molecule has 0 saturated carbocycles. The number of anilines is 1. The molecule has 2 aromatic carbocycles. The van der Waals surface area contributed by atoms with Crippen molar-refractivity contribution >= 4 is 23.1 Å². The molecule has 1 N–H and O–H groups in total. The first-order chi connectivity index (χ1) is 16.5. The lowest BCUT2D eigenvalue weighted by molar-refractivity contribution is -0.132. The Labute approximate surface area is 197 Å². The fourth-order valence-electron chi connectivity index (χ4n) is 3.95. The number of hydrogen-bond acceptors (Lipinski definition) is 7. The van der Waals surface area contributed by atoms with Crippen LogP contribution in [0.5, 0.6) is 17.2 Å². The minimum Gasteiger partial charge on any atom is -0.507 e. The Balaban J connectivity index is 1.91. The van der Waals surface area contributed by atoms with Crippen LogP contribution in [0, 0.1) is 0 Å². The van der Waals surface area contributed by atoms with Gasteiger partial charge in [-0.3, -0.25) is 14.5 Å². The van der Waals surface area contributed by atoms with Crippen LogP contribution in [0.4, 0.5) is 5.69 Å². The summed E-state index contributed by atoms with van der Waals surface area (Å²) in [4.78, 5) is 27.8. The average molecular weight is 463 g/mol. The van der Waals surface area contributed by atoms with Gasteiger partial charge >= 0.3 is 0 Å². The number of ether oxygens (including phenoxy) is 3. The number of Topliss-reactive ketones (excluding diaryl/α,β-unsaturated/α-hetero) is 1. The highest BCUT2D eigenvalue weighted by molar-refractivity contribution is 6.51. The number of hydrogen-bond donors (Lipinski definition) is 1. The molecule has 1 aromatic heterocycles. The molecule has 1 aliphatic rings. The van der Waals surface area contributed by atoms with Crippen LogP contribution in [0.25, 0.3) is 5.76 Å². The van der Waals surface area contributed by atoms with Crippen molar-refractivity contribution in [3.8, 4) is 17.2 Å². The summed E-state index contributed by atoms with van der Waals surface area (Å²) in [7, 11) is 1.51. The van der Waals surface area contributed by atoms with Gasteiger partial charge in [-0.2, -0.15) is 0 Å². The van der Waals surface area contributed by atoms with Crippen LogP contribution in [-0.2, 0) is 9.59 Å². The molecule has 1 unspecified atom stereocenters. The predicted molar refractivity (Wildman–Crippen MR) is 125 cm³/mol. The largest absolute Gasteiger partial charge is 0.507 e. The number of furan rings is 1. The molecule has 3 aromatic rings. The minimum absolute atomic E-state index is 0.104. The normalized spacial score (nSPS) is 17.1. The third kappa shape index (κ3) is 4.10. The molecule has 1 atom stereocenters. The number of aliphatic hydroxyl groups excluding tert-OH is 1. The van der Waals surface area contributed by atoms with Crippen molar-refractivity contribution in [3.63, 3.8) is 0 Å². The van der Waals surface area contributed by atoms with Gasteiger partial charge in [0.25, 0.3) is 11.7 Å². The quantitative estimate of drug-likeness (QED) is 0.293. The number of carbonyl (C=O) groups is 2. The first kappa shape index (κ1) is 23.0. The van der Waals surface area contributed by atoms with E-state index in [1.807, 2.05) is 13.8 Å². The Morgan fingerprint density at radius 2 is 1.79 bits per heavy atom. The molecule has 1 saturated heterocycles. The third-order valence-electron chi connectivity index (χ3n) is 5.41. The highest BCUT2D eigenvalue weighted by Crippen LogP contribution is 2.44. The maximum atomic E-state index is 13.3. The van der Waals surface area contributed by atoms with Crippen LogP contribution in [0.2, 0.25) is 0 Å². The maximum absolute atomic E-state index is 13.3. The zero-order chi connectivity index (χ0) is 24.2. The number of ketones is 1. The third-order valence-corrected chi connectivity index (χ3v) is 5.41. The molecule has 176 valence electrons. The lowest BCUT2D eigenvalue weighted by Crippen LogP contribution is -2.29. The van der Waals surface area contributed by atoms with Crippen LogP contribution < -0.4 is 19.1 Å². The fourth-order valence-corrected chi connectivity index (χ4v) is 3.95. The van der Waals surface area contributed by atoms with Crippen LogP contribution in [0.15, 0.2) is 70.9 Å². The molecule has 1 aliphatic heterocycles. The Morgan fingerprint density at radius 3 is 2.47 bits per heavy atom. The summed E-state index contributed by atoms with van der Waals surface area (Å²) in [5.74, 6) is -0.261. The zero-order valence-corrected chi connectivity index (χ0v) is 19.1. The van der Waals surface area contributed by atoms with Crippen LogP contribution in [0.1, 0.15) is 31.2 Å². The van der Waals surface area contributed by atoms with Crippen molar-refractivity contribution in [2.45, 2.75) is 19.9 Å². The van der Waals surface area contributed by atoms with Gasteiger partial charge in [0.05, 0.1) is 37.7 Å². The molecular formula is C26H25NO7. The molecule has 0 aliphatic carbocycles. The molecule has 0 bridgehead atoms. The van der Waals surface area contributed by atoms with Crippen molar-refractivity contribution in [3.05, 3.63) is 77.8 Å². The van der Waals surface area contributed by atoms with Gasteiger partial charge in [-0.15, -0.1) is 0 Å². The minimum atomic E-state index is -0.983. The first-order valence-electron chi connectivity index (χ1n) is 10.9. The van der Waals surface area contributed by atoms with Crippen molar-refractivity contribution in [2.24, 2.45) is 0 Å². The van der Waals surface area contributed by atoms with Gasteiger partial charge in [0.2, 0.25) is 0 Å². The molecule has 0 spiro atoms. The molecule has 8 nitrogen and oxygen atoms in total. The molecule has 2 heterocycles. The number of carbonyl (C=O) groups excluding carboxylic acids is 2. The van der Waals surface area contributed by atoms with E-state index in [1.54, 1.807) is 54.6 Å². The van der Waals surface area contributed by atoms with E-state index in [-0.39, 0.29) is 16.9 Å². The summed E-state index contributed by atoms with van der Waals surface area (Å²) >= 11 is 0. The van der Waals surface area contributed by atoms with Crippen molar-refractivity contribution in [1.29, 1.82) is 0 Å². The summed E-state index contributed by atoms with van der Waals surface area (Å²) in [5, 5.41) is 11.4. The molecule has 1 amide bonds. The molecule has 4 rings (SSSR count). The topological polar surface area (TPSA) is 98.4 Å². The van der Waals surface area contributed by atoms with E-state index >= 15 is 0 Å². The van der Waals surface area contributed by atoms with E-state index < -0.39 is 17.7 Å². The second-order valence-electron chi connectivity index (χ2n) is 7.41. The zero-order valence-electron chi connectivity index (χ0n) is 19.1. The molecule has 1 fully saturated rings. The van der Waals surface area contributed by atoms with Gasteiger partial charge in [0.15, 0.2) is 0 Å². The van der Waals surface area contributed by atoms with Crippen LogP contribution in [-0.4, -0.2) is 37.1 Å². The summed E-state index contributed by atoms with van der Waals surface area (Å²) in [5.41, 5.74) is 0.594. The molecule has 34 heavy (non-hydrogen) atoms. The SMILES string of the molecule is CCOc1ccc(/C(O)=C2/C(=O)C(=O)N(c3cccc(OC)c3)C2c2ccco2)c(OCC)c1. The van der Waals surface area contributed by atoms with Crippen LogP contribution in [0.3, 0.4) is 0 Å². The smallest absolute Gasteiger partial charge is 0.300 e. The van der Waals surface area contributed by atoms with E-state index in [9.17, 15) is 14.7 Å². The van der Waals surface area contributed by atoms with Crippen molar-refractivity contribution in [2.75, 3.05) is 25.2 Å². The first-order valence-corrected chi connectivity index (χ1v) is 10.9. The van der Waals surface area contributed by atoms with Gasteiger partial charge < -0.3 is 23.7 Å². The Hall–Kier alpha value is -4.20. The summed E-state index contributed by atoms with van der Waals surface area (Å²) in [6, 6.07) is 14.0. The monoisotopic (exact) mass is 463 g/mol. The van der Waals surface area contributed by atoms with Crippen molar-refractivity contribution in [1.82, 2.24) is 0 Å². The van der Waals surface area contributed by atoms with Crippen molar-refractivity contribution < 1.29 is 33.3 Å². The fraction of sp³-hybridized carbons (Fsp3) is 0.231. The standard InChI is InChI=1S/C26H25NO7/c1-4-32-18-11-12-19(21(15-18)33-5-2)24(28)22-23(20-10-7-13-34-20)27(26(30)25(22)29)16-8-6-9-17(14-16)31-3/h6-15,23,28H,4-5H2,1-3H3/b24-22-. The summed E-state index contributed by atoms with van der Waals surface area (Å²) in [6.45, 7) is 4.45. The highest BCUT2D eigenvalue weighted by atomic mass is 16.5. The van der Waals surface area contributed by atoms with E-state index in [0.717, 1.165) is 0 Å². The number of nitrogens with zero attached hydrogens (tertiary/aromatic N) is 1. The second-order valence-corrected chi connectivity index (χ2v) is 7.41. The lowest BCUT2D eigenvalue weighted by atomic mass is 9.98. The Morgan fingerprint density at radius 1 is 1.00 bits per heavy atom. The summed E-state index contributed by atoms with van der Waals surface area (Å²) in [6.07, 6.45) is 1.45. The number of amides is 1. The molecule has 8 heteroatoms. The van der Waals surface area contributed by atoms with Gasteiger partial charge in [-0.05, 0) is 50.2 Å². The van der Waals surface area contributed by atoms with Gasteiger partial charge in [0.1, 0.15) is 34.8 Å². The Bertz CT molecular complexity index is 1230. The molecule has 0 radical (unpaired) electrons. The number of methoxy groups -OCH3 is 1. The second kappa shape index (κ2) is 9.74. The Kier molecular flexibility index (Phi) is 6.58. The predicted octanol–water partition coefficient (Wildman–Crippen LogP) is 4.71. The molecular weight excluding hydrogens is 438 g/mol. The van der Waals surface area contributed by atoms with Crippen LogP contribution >= 0.6 is 0 Å². The number of benzene rings is 2. The highest BCUT2D eigenvalue weighted by Gasteiger charge is 2.48. The van der Waals surface area contributed by atoms with Gasteiger partial charge in [0, 0.05) is 17.8 Å². The summed E-state index contributed by atoms with van der Waals surface area (Å²) < 4.78 is 22.1. The van der Waals surface area contributed by atoms with Gasteiger partial charge in [-0.25, -0.2) is 0 Å². The number of aliphatic hydroxyl groups is 1. The van der Waals surface area contributed by atoms with E-state index in [1.165, 1.54) is 18.3 Å². The van der Waals surface area contributed by atoms with Gasteiger partial charge in [-0.1, -0.05) is 6.07 Å².